The molecule has 0 radical (unpaired) electrons. The number of carbonyl (C=O) groups is 3. The lowest BCUT2D eigenvalue weighted by Gasteiger charge is -2.31. The Kier molecular flexibility index (Phi) is 8.52. The van der Waals surface area contributed by atoms with Crippen LogP contribution in [0.1, 0.15) is 55.1 Å². The van der Waals surface area contributed by atoms with Crippen LogP contribution in [-0.4, -0.2) is 71.5 Å². The first-order valence-corrected chi connectivity index (χ1v) is 12.8. The number of halogens is 2. The lowest BCUT2D eigenvalue weighted by molar-refractivity contribution is -0.152. The summed E-state index contributed by atoms with van der Waals surface area (Å²) in [5.74, 6) is -1.57. The summed E-state index contributed by atoms with van der Waals surface area (Å²) in [7, 11) is 1.45. The number of pyridine rings is 1. The van der Waals surface area contributed by atoms with Crippen molar-refractivity contribution in [1.29, 1.82) is 5.26 Å². The van der Waals surface area contributed by atoms with Crippen LogP contribution in [-0.2, 0) is 9.59 Å². The Morgan fingerprint density at radius 3 is 2.62 bits per heavy atom. The number of ether oxygens (including phenoxy) is 3. The number of nitrogens with zero attached hydrogens (tertiary/aromatic N) is 4. The molecule has 40 heavy (non-hydrogen) atoms. The summed E-state index contributed by atoms with van der Waals surface area (Å²) in [6.45, 7) is 0.355. The maximum atomic E-state index is 13.4. The molecule has 212 valence electrons. The molecule has 0 bridgehead atoms. The molecule has 0 N–H and O–H groups in total. The van der Waals surface area contributed by atoms with Crippen LogP contribution in [0.4, 0.5) is 8.78 Å². The Balaban J connectivity index is 1.55. The van der Waals surface area contributed by atoms with Crippen molar-refractivity contribution in [2.45, 2.75) is 51.2 Å². The van der Waals surface area contributed by atoms with Crippen LogP contribution in [0, 0.1) is 17.2 Å². The lowest BCUT2D eigenvalue weighted by atomic mass is 9.89. The van der Waals surface area contributed by atoms with E-state index in [1.54, 1.807) is 19.1 Å². The van der Waals surface area contributed by atoms with E-state index in [1.165, 1.54) is 48.0 Å². The van der Waals surface area contributed by atoms with E-state index in [1.807, 2.05) is 6.07 Å². The van der Waals surface area contributed by atoms with Gasteiger partial charge >= 0.3 is 12.6 Å². The lowest BCUT2D eigenvalue weighted by Crippen LogP contribution is -2.52. The average Bonchev–Trinajstić information content (AvgIpc) is 3.67. The molecule has 2 fully saturated rings. The molecule has 1 aliphatic heterocycles. The summed E-state index contributed by atoms with van der Waals surface area (Å²) in [6.07, 6.45) is 2.22. The van der Waals surface area contributed by atoms with Gasteiger partial charge in [-0.1, -0.05) is 12.1 Å². The van der Waals surface area contributed by atoms with E-state index < -0.39 is 24.0 Å². The molecule has 1 aliphatic carbocycles. The largest absolute Gasteiger partial charge is 0.489 e. The topological polar surface area (TPSA) is 122 Å². The van der Waals surface area contributed by atoms with Crippen molar-refractivity contribution in [3.05, 3.63) is 47.7 Å². The first-order valence-electron chi connectivity index (χ1n) is 12.8. The molecule has 1 saturated carbocycles. The highest BCUT2D eigenvalue weighted by molar-refractivity contribution is 5.93. The van der Waals surface area contributed by atoms with Crippen LogP contribution in [0.25, 0.3) is 0 Å². The fourth-order valence-corrected chi connectivity index (χ4v) is 4.72. The monoisotopic (exact) mass is 556 g/mol. The molecule has 2 aromatic rings. The summed E-state index contributed by atoms with van der Waals surface area (Å²) < 4.78 is 41.9. The Labute approximate surface area is 230 Å². The third kappa shape index (κ3) is 6.47. The van der Waals surface area contributed by atoms with Crippen LogP contribution in [0.5, 0.6) is 17.4 Å². The highest BCUT2D eigenvalue weighted by Crippen LogP contribution is 2.43. The van der Waals surface area contributed by atoms with Crippen LogP contribution >= 0.6 is 0 Å². The number of nitriles is 1. The van der Waals surface area contributed by atoms with E-state index in [9.17, 15) is 23.2 Å². The Morgan fingerprint density at radius 2 is 1.98 bits per heavy atom. The van der Waals surface area contributed by atoms with Crippen molar-refractivity contribution in [2.75, 3.05) is 26.7 Å². The van der Waals surface area contributed by atoms with Gasteiger partial charge in [-0.05, 0) is 55.9 Å². The van der Waals surface area contributed by atoms with Crippen molar-refractivity contribution in [1.82, 2.24) is 14.8 Å². The minimum Gasteiger partial charge on any atom is -0.489 e. The molecule has 1 unspecified atom stereocenters. The molecular formula is C28H30F2N4O6. The minimum atomic E-state index is -3.01. The Morgan fingerprint density at radius 1 is 1.23 bits per heavy atom. The molecule has 1 aromatic carbocycles. The number of alkyl halides is 2. The van der Waals surface area contributed by atoms with Gasteiger partial charge in [0.15, 0.2) is 11.5 Å². The van der Waals surface area contributed by atoms with Gasteiger partial charge in [-0.25, -0.2) is 9.78 Å². The van der Waals surface area contributed by atoms with Crippen LogP contribution in [0.15, 0.2) is 36.4 Å². The van der Waals surface area contributed by atoms with Crippen LogP contribution in [0.2, 0.25) is 0 Å². The number of benzene rings is 1. The van der Waals surface area contributed by atoms with Gasteiger partial charge in [0, 0.05) is 32.5 Å². The van der Waals surface area contributed by atoms with E-state index in [0.717, 1.165) is 12.8 Å². The van der Waals surface area contributed by atoms with Gasteiger partial charge in [-0.2, -0.15) is 14.0 Å². The number of rotatable bonds is 10. The molecular weight excluding hydrogens is 526 g/mol. The Hall–Kier alpha value is -4.27. The SMILES string of the molecule is CC(=O)N1CC(c2ccc(OC(F)F)c(OCC3CC3)c2)C[C@]1(C)C(=O)Oc1cccc(C(=O)N(C)CC#N)n1. The third-order valence-corrected chi connectivity index (χ3v) is 7.08. The number of carbonyl (C=O) groups excluding carboxylic acids is 3. The highest BCUT2D eigenvalue weighted by Gasteiger charge is 2.51. The quantitative estimate of drug-likeness (QED) is 0.320. The number of hydrogen-bond acceptors (Lipinski definition) is 8. The van der Waals surface area contributed by atoms with Crippen molar-refractivity contribution >= 4 is 17.8 Å². The van der Waals surface area contributed by atoms with Crippen molar-refractivity contribution in [3.63, 3.8) is 0 Å². The van der Waals surface area contributed by atoms with Crippen LogP contribution in [0.3, 0.4) is 0 Å². The predicted molar refractivity (Wildman–Crippen MR) is 137 cm³/mol. The number of hydrogen-bond donors (Lipinski definition) is 0. The predicted octanol–water partition coefficient (Wildman–Crippen LogP) is 3.77. The molecule has 10 nitrogen and oxygen atoms in total. The fourth-order valence-electron chi connectivity index (χ4n) is 4.72. The molecule has 2 amide bonds. The standard InChI is InChI=1S/C28H30F2N4O6/c1-17(35)34-15-20(19-9-10-22(39-27(29)30)23(13-19)38-16-18-7-8-18)14-28(34,2)26(37)40-24-6-4-5-21(32-24)25(36)33(3)12-11-31/h4-6,9-10,13,18,20,27H,7-8,12,14-16H2,1-3H3/t20?,28-/m1/s1. The fraction of sp³-hybridized carbons (Fsp3) is 0.464. The van der Waals surface area contributed by atoms with Gasteiger partial charge in [-0.15, -0.1) is 0 Å². The first-order chi connectivity index (χ1) is 19.0. The van der Waals surface area contributed by atoms with E-state index >= 15 is 0 Å². The van der Waals surface area contributed by atoms with Gasteiger partial charge in [0.1, 0.15) is 17.8 Å². The zero-order valence-electron chi connectivity index (χ0n) is 22.4. The minimum absolute atomic E-state index is 0.00856. The van der Waals surface area contributed by atoms with Crippen molar-refractivity contribution in [2.24, 2.45) is 5.92 Å². The molecule has 1 saturated heterocycles. The number of esters is 1. The van der Waals surface area contributed by atoms with Gasteiger partial charge in [0.25, 0.3) is 5.91 Å². The summed E-state index contributed by atoms with van der Waals surface area (Å²) >= 11 is 0. The Bertz CT molecular complexity index is 1330. The molecule has 4 rings (SSSR count). The number of amides is 2. The summed E-state index contributed by atoms with van der Waals surface area (Å²) in [4.78, 5) is 45.2. The summed E-state index contributed by atoms with van der Waals surface area (Å²) in [5.41, 5.74) is -0.685. The maximum Gasteiger partial charge on any atom is 0.387 e. The molecule has 1 aromatic heterocycles. The molecule has 12 heteroatoms. The third-order valence-electron chi connectivity index (χ3n) is 7.08. The van der Waals surface area contributed by atoms with E-state index in [4.69, 9.17) is 14.7 Å². The van der Waals surface area contributed by atoms with E-state index in [2.05, 4.69) is 9.72 Å². The van der Waals surface area contributed by atoms with Gasteiger partial charge in [0.2, 0.25) is 11.8 Å². The summed E-state index contributed by atoms with van der Waals surface area (Å²) in [5, 5.41) is 8.83. The maximum absolute atomic E-state index is 13.4. The van der Waals surface area contributed by atoms with Gasteiger partial charge in [-0.3, -0.25) is 9.59 Å². The second-order valence-electron chi connectivity index (χ2n) is 10.2. The van der Waals surface area contributed by atoms with Crippen molar-refractivity contribution < 1.29 is 37.4 Å². The smallest absolute Gasteiger partial charge is 0.387 e. The molecule has 0 spiro atoms. The zero-order chi connectivity index (χ0) is 29.0. The first kappa shape index (κ1) is 28.7. The zero-order valence-corrected chi connectivity index (χ0v) is 22.4. The summed E-state index contributed by atoms with van der Waals surface area (Å²) in [6, 6.07) is 10.9. The molecule has 2 atom stereocenters. The highest BCUT2D eigenvalue weighted by atomic mass is 19.3. The molecule has 2 aliphatic rings. The number of likely N-dealkylation sites (tertiary alicyclic amines) is 1. The van der Waals surface area contributed by atoms with Crippen molar-refractivity contribution in [3.8, 4) is 23.4 Å². The van der Waals surface area contributed by atoms with Gasteiger partial charge in [0.05, 0.1) is 12.7 Å². The number of aromatic nitrogens is 1. The normalized spacial score (nSPS) is 20.1. The molecule has 2 heterocycles. The average molecular weight is 557 g/mol. The van der Waals surface area contributed by atoms with E-state index in [0.29, 0.717) is 18.1 Å². The van der Waals surface area contributed by atoms with E-state index in [-0.39, 0.29) is 54.4 Å². The second kappa shape index (κ2) is 11.9. The van der Waals surface area contributed by atoms with Gasteiger partial charge < -0.3 is 24.0 Å². The van der Waals surface area contributed by atoms with Crippen LogP contribution < -0.4 is 14.2 Å². The second-order valence-corrected chi connectivity index (χ2v) is 10.2.